The molecule has 2 N–H and O–H groups in total. The van der Waals surface area contributed by atoms with Gasteiger partial charge in [-0.3, -0.25) is 4.79 Å². The summed E-state index contributed by atoms with van der Waals surface area (Å²) in [4.78, 5) is 15.9. The Labute approximate surface area is 301 Å². The van der Waals surface area contributed by atoms with Crippen LogP contribution in [0, 0.1) is 17.8 Å². The number of sulfonamides is 1. The van der Waals surface area contributed by atoms with Crippen molar-refractivity contribution >= 4 is 38.9 Å². The number of amides is 1. The number of nitrogens with one attached hydrogen (secondary N) is 2. The number of nitrogens with zero attached hydrogens (tertiary/aromatic N) is 1. The number of fused-ring (bicyclic) bond motifs is 4. The van der Waals surface area contributed by atoms with Crippen molar-refractivity contribution in [3.63, 3.8) is 0 Å². The zero-order valence-corrected chi connectivity index (χ0v) is 30.5. The number of para-hydroxylation sites is 1. The molecule has 6 atom stereocenters. The molecule has 4 aliphatic rings. The van der Waals surface area contributed by atoms with Gasteiger partial charge in [-0.15, -0.1) is 0 Å². The number of carbonyl (C=O) groups is 1. The van der Waals surface area contributed by atoms with Gasteiger partial charge in [-0.2, -0.15) is 0 Å². The minimum Gasteiger partial charge on any atom is -0.490 e. The highest BCUT2D eigenvalue weighted by Gasteiger charge is 2.44. The molecule has 0 aromatic heterocycles. The van der Waals surface area contributed by atoms with Crippen molar-refractivity contribution in [3.05, 3.63) is 101 Å². The number of benzene rings is 3. The van der Waals surface area contributed by atoms with Crippen LogP contribution in [0.15, 0.2) is 78.9 Å². The van der Waals surface area contributed by atoms with E-state index in [4.69, 9.17) is 21.1 Å². The quantitative estimate of drug-likeness (QED) is 0.210. The highest BCUT2D eigenvalue weighted by molar-refractivity contribution is 7.90. The molecule has 2 aliphatic heterocycles. The van der Waals surface area contributed by atoms with Crippen LogP contribution >= 0.6 is 11.6 Å². The number of ether oxygens (including phenoxy) is 2. The lowest BCUT2D eigenvalue weighted by molar-refractivity contribution is -0.00993. The van der Waals surface area contributed by atoms with E-state index in [1.807, 2.05) is 55.5 Å². The van der Waals surface area contributed by atoms with Crippen molar-refractivity contribution < 1.29 is 22.7 Å². The van der Waals surface area contributed by atoms with Gasteiger partial charge in [-0.05, 0) is 117 Å². The van der Waals surface area contributed by atoms with Crippen LogP contribution in [0.25, 0.3) is 0 Å². The summed E-state index contributed by atoms with van der Waals surface area (Å²) in [6, 6.07) is 21.7. The molecule has 0 radical (unpaired) electrons. The lowest BCUT2D eigenvalue weighted by Gasteiger charge is -2.46. The fourth-order valence-corrected chi connectivity index (χ4v) is 9.75. The Hall–Kier alpha value is -3.53. The van der Waals surface area contributed by atoms with Crippen LogP contribution < -0.4 is 19.7 Å². The first-order valence-electron chi connectivity index (χ1n) is 18.1. The van der Waals surface area contributed by atoms with E-state index in [-0.39, 0.29) is 17.4 Å². The molecule has 50 heavy (non-hydrogen) atoms. The Kier molecular flexibility index (Phi) is 10.2. The maximum atomic E-state index is 13.5. The summed E-state index contributed by atoms with van der Waals surface area (Å²) >= 11 is 6.46. The molecule has 3 aromatic carbocycles. The number of allylic oxidation sites excluding steroid dienone is 1. The lowest BCUT2D eigenvalue weighted by atomic mass is 9.68. The first-order valence-corrected chi connectivity index (χ1v) is 20.0. The van der Waals surface area contributed by atoms with Gasteiger partial charge in [0.05, 0.1) is 30.3 Å². The van der Waals surface area contributed by atoms with E-state index in [2.05, 4.69) is 39.2 Å². The second kappa shape index (κ2) is 14.6. The van der Waals surface area contributed by atoms with Crippen molar-refractivity contribution in [2.75, 3.05) is 43.1 Å². The fourth-order valence-electron chi connectivity index (χ4n) is 8.27. The zero-order chi connectivity index (χ0) is 34.9. The molecule has 7 rings (SSSR count). The molecular formula is C40H48ClN3O5S. The van der Waals surface area contributed by atoms with Crippen LogP contribution in [0.1, 0.15) is 67.4 Å². The average molecular weight is 718 g/mol. The normalized spacial score (nSPS) is 29.7. The summed E-state index contributed by atoms with van der Waals surface area (Å²) < 4.78 is 42.5. The molecule has 0 saturated heterocycles. The van der Waals surface area contributed by atoms with Crippen LogP contribution in [0.2, 0.25) is 5.02 Å². The maximum Gasteiger partial charge on any atom is 0.264 e. The van der Waals surface area contributed by atoms with Crippen LogP contribution in [-0.2, 0) is 26.6 Å². The molecule has 1 amide bonds. The van der Waals surface area contributed by atoms with Crippen LogP contribution in [0.4, 0.5) is 11.4 Å². The molecule has 2 aliphatic carbocycles. The summed E-state index contributed by atoms with van der Waals surface area (Å²) in [5.74, 6) is 0.554. The Bertz CT molecular complexity index is 1840. The first-order chi connectivity index (χ1) is 24.1. The van der Waals surface area contributed by atoms with Crippen molar-refractivity contribution in [2.45, 2.75) is 69.1 Å². The number of carbonyl (C=O) groups excluding carboxylic acids is 1. The molecular weight excluding hydrogens is 670 g/mol. The van der Waals surface area contributed by atoms with Crippen molar-refractivity contribution in [3.8, 4) is 5.75 Å². The van der Waals surface area contributed by atoms with E-state index in [0.29, 0.717) is 49.3 Å². The van der Waals surface area contributed by atoms with E-state index in [9.17, 15) is 13.2 Å². The van der Waals surface area contributed by atoms with Crippen molar-refractivity contribution in [1.29, 1.82) is 0 Å². The molecule has 1 spiro atoms. The maximum absolute atomic E-state index is 13.5. The predicted molar refractivity (Wildman–Crippen MR) is 200 cm³/mol. The number of anilines is 2. The van der Waals surface area contributed by atoms with Gasteiger partial charge >= 0.3 is 0 Å². The van der Waals surface area contributed by atoms with E-state index in [1.54, 1.807) is 13.0 Å². The van der Waals surface area contributed by atoms with E-state index in [1.165, 1.54) is 11.1 Å². The minimum absolute atomic E-state index is 0.0985. The number of hydrogen-bond acceptors (Lipinski definition) is 7. The van der Waals surface area contributed by atoms with Crippen LogP contribution in [0.3, 0.4) is 0 Å². The van der Waals surface area contributed by atoms with Crippen LogP contribution in [-0.4, -0.2) is 58.5 Å². The highest BCUT2D eigenvalue weighted by Crippen LogP contribution is 2.47. The second-order valence-electron chi connectivity index (χ2n) is 14.7. The topological polar surface area (TPSA) is 97.0 Å². The van der Waals surface area contributed by atoms with Crippen molar-refractivity contribution in [2.24, 2.45) is 17.8 Å². The predicted octanol–water partition coefficient (Wildman–Crippen LogP) is 7.38. The summed E-state index contributed by atoms with van der Waals surface area (Å²) in [5, 5.41) is 3.43. The van der Waals surface area contributed by atoms with E-state index in [0.717, 1.165) is 61.6 Å². The molecule has 1 saturated carbocycles. The molecule has 1 fully saturated rings. The van der Waals surface area contributed by atoms with Gasteiger partial charge in [0.2, 0.25) is 10.0 Å². The molecule has 8 nitrogen and oxygen atoms in total. The van der Waals surface area contributed by atoms with Crippen molar-refractivity contribution in [1.82, 2.24) is 4.72 Å². The third-order valence-corrected chi connectivity index (χ3v) is 13.7. The first kappa shape index (κ1) is 34.9. The SMILES string of the molecule is C[C@@H]1[C@@H](C)C/C=C/[C@H](OCCNc2ccccc2)[C@@H]2CC[C@H]2CN2C[C@@]3(CCCc4cc(Cl)ccc43)COc3ccc(cc32)C(=O)NS1(=O)=O. The summed E-state index contributed by atoms with van der Waals surface area (Å²) in [6.45, 7) is 6.82. The number of rotatable bonds is 5. The minimum atomic E-state index is -3.93. The summed E-state index contributed by atoms with van der Waals surface area (Å²) in [7, 11) is -3.93. The van der Waals surface area contributed by atoms with Gasteiger partial charge in [0.25, 0.3) is 5.91 Å². The number of halogens is 1. The highest BCUT2D eigenvalue weighted by atomic mass is 35.5. The Morgan fingerprint density at radius 3 is 2.72 bits per heavy atom. The molecule has 2 bridgehead atoms. The van der Waals surface area contributed by atoms with Gasteiger partial charge in [0.15, 0.2) is 0 Å². The summed E-state index contributed by atoms with van der Waals surface area (Å²) in [6.07, 6.45) is 9.82. The lowest BCUT2D eigenvalue weighted by Crippen LogP contribution is -2.49. The Morgan fingerprint density at radius 1 is 1.08 bits per heavy atom. The number of aryl methyl sites for hydroxylation is 1. The smallest absolute Gasteiger partial charge is 0.264 e. The molecule has 10 heteroatoms. The standard InChI is InChI=1S/C40H48ClN3O5S/c1-27-8-6-12-37(48-21-20-42-33-10-4-3-5-11-33)34-16-13-31(34)24-44-25-40(19-7-9-29-22-32(41)15-17-35(29)40)26-49-38-18-14-30(23-36(38)44)39(45)43-50(46,47)28(27)2/h3-6,10-12,14-15,17-18,22-23,27-28,31,34,37,42H,7-9,13,16,19-21,24-26H2,1-2H3,(H,43,45)/b12-6+/t27-,28+,31-,34+,37-,40-/m0/s1. The summed E-state index contributed by atoms with van der Waals surface area (Å²) in [5.41, 5.74) is 4.48. The van der Waals surface area contributed by atoms with Gasteiger partial charge < -0.3 is 19.7 Å². The van der Waals surface area contributed by atoms with Gasteiger partial charge in [0.1, 0.15) is 5.75 Å². The zero-order valence-electron chi connectivity index (χ0n) is 28.9. The average Bonchev–Trinajstić information content (AvgIpc) is 3.24. The van der Waals surface area contributed by atoms with Gasteiger partial charge in [-0.25, -0.2) is 13.1 Å². The second-order valence-corrected chi connectivity index (χ2v) is 17.2. The molecule has 3 aromatic rings. The van der Waals surface area contributed by atoms with Crippen LogP contribution in [0.5, 0.6) is 5.75 Å². The van der Waals surface area contributed by atoms with Gasteiger partial charge in [-0.1, -0.05) is 54.9 Å². The number of hydrogen-bond donors (Lipinski definition) is 2. The molecule has 2 heterocycles. The molecule has 266 valence electrons. The third kappa shape index (κ3) is 7.28. The van der Waals surface area contributed by atoms with Gasteiger partial charge in [0, 0.05) is 41.3 Å². The Morgan fingerprint density at radius 2 is 1.92 bits per heavy atom. The largest absolute Gasteiger partial charge is 0.490 e. The third-order valence-electron chi connectivity index (χ3n) is 11.5. The van der Waals surface area contributed by atoms with E-state index >= 15 is 0 Å². The van der Waals surface area contributed by atoms with E-state index < -0.39 is 21.2 Å². The monoisotopic (exact) mass is 717 g/mol. The Balaban J connectivity index is 1.22. The molecule has 0 unspecified atom stereocenters. The fraction of sp³-hybridized carbons (Fsp3) is 0.475.